The van der Waals surface area contributed by atoms with Crippen LogP contribution in [0.3, 0.4) is 0 Å². The van der Waals surface area contributed by atoms with Gasteiger partial charge in [0.1, 0.15) is 5.75 Å². The van der Waals surface area contributed by atoms with Gasteiger partial charge < -0.3 is 10.1 Å². The zero-order valence-electron chi connectivity index (χ0n) is 16.7. The molecule has 1 fully saturated rings. The second-order valence-electron chi connectivity index (χ2n) is 7.33. The van der Waals surface area contributed by atoms with Gasteiger partial charge in [0.25, 0.3) is 5.91 Å². The van der Waals surface area contributed by atoms with Crippen molar-refractivity contribution < 1.29 is 17.9 Å². The number of amides is 1. The van der Waals surface area contributed by atoms with Crippen LogP contribution in [0.5, 0.6) is 5.75 Å². The second-order valence-corrected chi connectivity index (χ2v) is 9.42. The maximum Gasteiger partial charge on any atom is 0.251 e. The lowest BCUT2D eigenvalue weighted by Crippen LogP contribution is -2.42. The molecule has 0 saturated carbocycles. The van der Waals surface area contributed by atoms with Crippen LogP contribution in [0.25, 0.3) is 0 Å². The summed E-state index contributed by atoms with van der Waals surface area (Å²) in [6.45, 7) is 1.19. The molecule has 1 N–H and O–H groups in total. The molecule has 0 bridgehead atoms. The van der Waals surface area contributed by atoms with Crippen LogP contribution in [-0.4, -0.2) is 51.1 Å². The van der Waals surface area contributed by atoms with E-state index in [2.05, 4.69) is 17.4 Å². The molecule has 0 aromatic heterocycles. The summed E-state index contributed by atoms with van der Waals surface area (Å²) < 4.78 is 31.8. The molecule has 7 heteroatoms. The van der Waals surface area contributed by atoms with E-state index in [-0.39, 0.29) is 18.2 Å². The minimum absolute atomic E-state index is 0.0851. The first-order valence-corrected chi connectivity index (χ1v) is 11.5. The summed E-state index contributed by atoms with van der Waals surface area (Å²) in [4.78, 5) is 12.2. The predicted octanol–water partition coefficient (Wildman–Crippen LogP) is 2.71. The van der Waals surface area contributed by atoms with Gasteiger partial charge >= 0.3 is 0 Å². The van der Waals surface area contributed by atoms with Gasteiger partial charge in [-0.05, 0) is 55.0 Å². The van der Waals surface area contributed by atoms with E-state index in [4.69, 9.17) is 4.74 Å². The van der Waals surface area contributed by atoms with Crippen molar-refractivity contribution >= 4 is 15.9 Å². The quantitative estimate of drug-likeness (QED) is 0.718. The van der Waals surface area contributed by atoms with Crippen LogP contribution in [0.4, 0.5) is 0 Å². The van der Waals surface area contributed by atoms with Crippen molar-refractivity contribution in [1.29, 1.82) is 0 Å². The molecule has 0 atom stereocenters. The maximum atomic E-state index is 12.6. The van der Waals surface area contributed by atoms with Gasteiger partial charge in [0.05, 0.1) is 12.9 Å². The molecule has 6 nitrogen and oxygen atoms in total. The Bertz CT molecular complexity index is 890. The Morgan fingerprint density at radius 3 is 2.34 bits per heavy atom. The Morgan fingerprint density at radius 1 is 1.07 bits per heavy atom. The summed E-state index contributed by atoms with van der Waals surface area (Å²) in [6, 6.07) is 17.0. The number of hydrogen-bond donors (Lipinski definition) is 1. The number of piperidine rings is 1. The largest absolute Gasteiger partial charge is 0.497 e. The lowest BCUT2D eigenvalue weighted by atomic mass is 9.91. The Morgan fingerprint density at radius 2 is 1.72 bits per heavy atom. The molecule has 156 valence electrons. The van der Waals surface area contributed by atoms with E-state index < -0.39 is 10.0 Å². The third-order valence-electron chi connectivity index (χ3n) is 5.33. The van der Waals surface area contributed by atoms with Crippen molar-refractivity contribution in [2.75, 3.05) is 32.5 Å². The van der Waals surface area contributed by atoms with E-state index in [0.29, 0.717) is 30.3 Å². The van der Waals surface area contributed by atoms with Crippen molar-refractivity contribution in [3.8, 4) is 5.75 Å². The highest BCUT2D eigenvalue weighted by Gasteiger charge is 2.27. The molecular weight excluding hydrogens is 388 g/mol. The van der Waals surface area contributed by atoms with Gasteiger partial charge in [-0.25, -0.2) is 12.7 Å². The highest BCUT2D eigenvalue weighted by molar-refractivity contribution is 7.89. The molecular formula is C22H28N2O4S. The molecule has 0 spiro atoms. The van der Waals surface area contributed by atoms with Gasteiger partial charge in [0.15, 0.2) is 0 Å². The third-order valence-corrected chi connectivity index (χ3v) is 7.20. The van der Waals surface area contributed by atoms with Crippen LogP contribution in [0.2, 0.25) is 0 Å². The van der Waals surface area contributed by atoms with Gasteiger partial charge in [0.2, 0.25) is 10.0 Å². The Hall–Kier alpha value is -2.38. The molecule has 0 unspecified atom stereocenters. The molecule has 3 rings (SSSR count). The summed E-state index contributed by atoms with van der Waals surface area (Å²) in [7, 11) is -1.81. The van der Waals surface area contributed by atoms with E-state index >= 15 is 0 Å². The van der Waals surface area contributed by atoms with Crippen molar-refractivity contribution in [1.82, 2.24) is 9.62 Å². The molecule has 29 heavy (non-hydrogen) atoms. The molecule has 1 aliphatic rings. The fourth-order valence-electron chi connectivity index (χ4n) is 3.61. The summed E-state index contributed by atoms with van der Waals surface area (Å²) in [6.07, 6.45) is 2.73. The molecule has 1 heterocycles. The van der Waals surface area contributed by atoms with E-state index in [1.807, 2.05) is 18.2 Å². The normalized spacial score (nSPS) is 15.8. The van der Waals surface area contributed by atoms with Gasteiger partial charge in [-0.2, -0.15) is 0 Å². The molecule has 0 radical (unpaired) electrons. The molecule has 1 aliphatic heterocycles. The standard InChI is InChI=1S/C22H28N2O4S/c1-28-21-9-7-20(8-10-21)22(25)23-13-16-29(26,27)24-14-11-19(12-15-24)17-18-5-3-2-4-6-18/h2-10,19H,11-17H2,1H3,(H,23,25). The minimum Gasteiger partial charge on any atom is -0.497 e. The number of hydrogen-bond acceptors (Lipinski definition) is 4. The average Bonchev–Trinajstić information content (AvgIpc) is 2.75. The maximum absolute atomic E-state index is 12.6. The Balaban J connectivity index is 1.43. The second kappa shape index (κ2) is 9.89. The summed E-state index contributed by atoms with van der Waals surface area (Å²) >= 11 is 0. The molecule has 2 aromatic rings. The summed E-state index contributed by atoms with van der Waals surface area (Å²) in [5, 5.41) is 2.69. The molecule has 1 amide bonds. The van der Waals surface area contributed by atoms with Gasteiger partial charge in [-0.15, -0.1) is 0 Å². The van der Waals surface area contributed by atoms with Crippen molar-refractivity contribution in [2.24, 2.45) is 5.92 Å². The van der Waals surface area contributed by atoms with E-state index in [1.165, 1.54) is 5.56 Å². The fourth-order valence-corrected chi connectivity index (χ4v) is 4.99. The predicted molar refractivity (Wildman–Crippen MR) is 114 cm³/mol. The number of nitrogens with one attached hydrogen (secondary N) is 1. The van der Waals surface area contributed by atoms with Crippen LogP contribution in [0, 0.1) is 5.92 Å². The number of benzene rings is 2. The average molecular weight is 417 g/mol. The topological polar surface area (TPSA) is 75.7 Å². The van der Waals surface area contributed by atoms with Crippen molar-refractivity contribution in [2.45, 2.75) is 19.3 Å². The zero-order valence-corrected chi connectivity index (χ0v) is 17.5. The van der Waals surface area contributed by atoms with E-state index in [1.54, 1.807) is 35.7 Å². The first-order valence-electron chi connectivity index (χ1n) is 9.92. The number of carbonyl (C=O) groups is 1. The first-order chi connectivity index (χ1) is 14.0. The van der Waals surface area contributed by atoms with Gasteiger partial charge in [-0.1, -0.05) is 30.3 Å². The van der Waals surface area contributed by atoms with Crippen LogP contribution < -0.4 is 10.1 Å². The zero-order chi connectivity index (χ0) is 20.7. The molecule has 1 saturated heterocycles. The number of ether oxygens (including phenoxy) is 1. The highest BCUT2D eigenvalue weighted by Crippen LogP contribution is 2.23. The first kappa shape index (κ1) is 21.3. The van der Waals surface area contributed by atoms with E-state index in [9.17, 15) is 13.2 Å². The van der Waals surface area contributed by atoms with Crippen LogP contribution in [0.15, 0.2) is 54.6 Å². The molecule has 0 aliphatic carbocycles. The summed E-state index contributed by atoms with van der Waals surface area (Å²) in [5.74, 6) is 0.806. The number of methoxy groups -OCH3 is 1. The lowest BCUT2D eigenvalue weighted by Gasteiger charge is -2.31. The monoisotopic (exact) mass is 416 g/mol. The molecule has 2 aromatic carbocycles. The smallest absolute Gasteiger partial charge is 0.251 e. The third kappa shape index (κ3) is 6.05. The SMILES string of the molecule is COc1ccc(C(=O)NCCS(=O)(=O)N2CCC(Cc3ccccc3)CC2)cc1. The Labute approximate surface area is 172 Å². The van der Waals surface area contributed by atoms with Crippen LogP contribution in [0.1, 0.15) is 28.8 Å². The minimum atomic E-state index is -3.37. The van der Waals surface area contributed by atoms with Gasteiger partial charge in [-0.3, -0.25) is 4.79 Å². The van der Waals surface area contributed by atoms with Crippen LogP contribution in [-0.2, 0) is 16.4 Å². The number of rotatable bonds is 8. The summed E-state index contributed by atoms with van der Waals surface area (Å²) in [5.41, 5.74) is 1.78. The highest BCUT2D eigenvalue weighted by atomic mass is 32.2. The van der Waals surface area contributed by atoms with Crippen molar-refractivity contribution in [3.05, 3.63) is 65.7 Å². The fraction of sp³-hybridized carbons (Fsp3) is 0.409. The number of carbonyl (C=O) groups excluding carboxylic acids is 1. The van der Waals surface area contributed by atoms with Crippen LogP contribution >= 0.6 is 0 Å². The number of nitrogens with zero attached hydrogens (tertiary/aromatic N) is 1. The van der Waals surface area contributed by atoms with E-state index in [0.717, 1.165) is 19.3 Å². The van der Waals surface area contributed by atoms with Gasteiger partial charge in [0, 0.05) is 25.2 Å². The van der Waals surface area contributed by atoms with Crippen molar-refractivity contribution in [3.63, 3.8) is 0 Å². The lowest BCUT2D eigenvalue weighted by molar-refractivity contribution is 0.0956. The Kier molecular flexibility index (Phi) is 7.28. The number of sulfonamides is 1.